The molecule has 0 unspecified atom stereocenters. The van der Waals surface area contributed by atoms with E-state index < -0.39 is 0 Å². The highest BCUT2D eigenvalue weighted by Gasteiger charge is 2.00. The monoisotopic (exact) mass is 348 g/mol. The highest BCUT2D eigenvalue weighted by Crippen LogP contribution is 1.97. The van der Waals surface area contributed by atoms with Gasteiger partial charge in [0.15, 0.2) is 5.96 Å². The first-order valence-electron chi connectivity index (χ1n) is 5.51. The Kier molecular flexibility index (Phi) is 7.86. The van der Waals surface area contributed by atoms with Crippen LogP contribution in [0.2, 0.25) is 0 Å². The van der Waals surface area contributed by atoms with Crippen LogP contribution in [0.5, 0.6) is 0 Å². The fourth-order valence-corrected chi connectivity index (χ4v) is 1.34. The van der Waals surface area contributed by atoms with Crippen molar-refractivity contribution in [2.75, 3.05) is 7.05 Å². The number of nitrogens with zero attached hydrogens (tertiary/aromatic N) is 2. The molecule has 1 aromatic rings. The summed E-state index contributed by atoms with van der Waals surface area (Å²) in [4.78, 5) is 8.55. The van der Waals surface area contributed by atoms with Crippen LogP contribution in [0.3, 0.4) is 0 Å². The summed E-state index contributed by atoms with van der Waals surface area (Å²) in [6.45, 7) is 6.84. The molecule has 0 saturated carbocycles. The summed E-state index contributed by atoms with van der Waals surface area (Å²) in [5, 5.41) is 6.45. The SMILES string of the molecule is CN=C(NCc1cccc(C)n1)NC(C)C.I. The van der Waals surface area contributed by atoms with Crippen LogP contribution in [-0.2, 0) is 6.54 Å². The molecule has 0 aliphatic carbocycles. The van der Waals surface area contributed by atoms with Gasteiger partial charge in [-0.05, 0) is 32.9 Å². The Bertz CT molecular complexity index is 363. The molecule has 0 saturated heterocycles. The van der Waals surface area contributed by atoms with Crippen molar-refractivity contribution in [2.24, 2.45) is 4.99 Å². The number of rotatable bonds is 3. The minimum absolute atomic E-state index is 0. The highest BCUT2D eigenvalue weighted by molar-refractivity contribution is 14.0. The minimum atomic E-state index is 0. The van der Waals surface area contributed by atoms with Crippen LogP contribution in [0.1, 0.15) is 25.2 Å². The second kappa shape index (κ2) is 8.27. The zero-order chi connectivity index (χ0) is 12.0. The first-order valence-corrected chi connectivity index (χ1v) is 5.51. The van der Waals surface area contributed by atoms with E-state index in [9.17, 15) is 0 Å². The van der Waals surface area contributed by atoms with E-state index in [0.717, 1.165) is 17.3 Å². The predicted octanol–water partition coefficient (Wildman–Crippen LogP) is 2.08. The van der Waals surface area contributed by atoms with Gasteiger partial charge in [0, 0.05) is 18.8 Å². The smallest absolute Gasteiger partial charge is 0.191 e. The number of aryl methyl sites for hydroxylation is 1. The molecule has 0 amide bonds. The van der Waals surface area contributed by atoms with E-state index in [1.54, 1.807) is 7.05 Å². The maximum absolute atomic E-state index is 4.41. The Balaban J connectivity index is 0.00000256. The van der Waals surface area contributed by atoms with Gasteiger partial charge in [-0.25, -0.2) is 0 Å². The average molecular weight is 348 g/mol. The first-order chi connectivity index (χ1) is 7.61. The molecule has 0 atom stereocenters. The quantitative estimate of drug-likeness (QED) is 0.500. The molecular formula is C12H21IN4. The molecule has 0 aromatic carbocycles. The van der Waals surface area contributed by atoms with Gasteiger partial charge in [-0.15, -0.1) is 24.0 Å². The van der Waals surface area contributed by atoms with Crippen molar-refractivity contribution in [1.29, 1.82) is 0 Å². The zero-order valence-electron chi connectivity index (χ0n) is 10.8. The predicted molar refractivity (Wildman–Crippen MR) is 82.9 cm³/mol. The van der Waals surface area contributed by atoms with Crippen LogP contribution in [0, 0.1) is 6.92 Å². The Morgan fingerprint density at radius 3 is 2.65 bits per heavy atom. The van der Waals surface area contributed by atoms with Crippen molar-refractivity contribution in [2.45, 2.75) is 33.4 Å². The topological polar surface area (TPSA) is 49.3 Å². The summed E-state index contributed by atoms with van der Waals surface area (Å²) in [5.74, 6) is 0.804. The average Bonchev–Trinajstić information content (AvgIpc) is 2.24. The maximum Gasteiger partial charge on any atom is 0.191 e. The molecule has 2 N–H and O–H groups in total. The van der Waals surface area contributed by atoms with Crippen LogP contribution in [-0.4, -0.2) is 24.0 Å². The van der Waals surface area contributed by atoms with Crippen LogP contribution in [0.15, 0.2) is 23.2 Å². The van der Waals surface area contributed by atoms with E-state index in [1.807, 2.05) is 25.1 Å². The first kappa shape index (κ1) is 16.1. The molecule has 1 aromatic heterocycles. The molecule has 0 aliphatic rings. The van der Waals surface area contributed by atoms with Crippen LogP contribution >= 0.6 is 24.0 Å². The van der Waals surface area contributed by atoms with Gasteiger partial charge in [-0.1, -0.05) is 6.07 Å². The molecule has 1 rings (SSSR count). The molecule has 0 radical (unpaired) electrons. The molecule has 0 spiro atoms. The highest BCUT2D eigenvalue weighted by atomic mass is 127. The van der Waals surface area contributed by atoms with Gasteiger partial charge in [-0.3, -0.25) is 9.98 Å². The summed E-state index contributed by atoms with van der Waals surface area (Å²) in [7, 11) is 1.77. The number of aliphatic imine (C=N–C) groups is 1. The van der Waals surface area contributed by atoms with Gasteiger partial charge < -0.3 is 10.6 Å². The number of nitrogens with one attached hydrogen (secondary N) is 2. The Labute approximate surface area is 120 Å². The third-order valence-electron chi connectivity index (χ3n) is 2.03. The number of halogens is 1. The minimum Gasteiger partial charge on any atom is -0.354 e. The van der Waals surface area contributed by atoms with E-state index in [2.05, 4.69) is 34.5 Å². The molecule has 17 heavy (non-hydrogen) atoms. The van der Waals surface area contributed by atoms with Crippen LogP contribution in [0.4, 0.5) is 0 Å². The van der Waals surface area contributed by atoms with Gasteiger partial charge in [0.2, 0.25) is 0 Å². The number of hydrogen-bond acceptors (Lipinski definition) is 2. The maximum atomic E-state index is 4.41. The van der Waals surface area contributed by atoms with Crippen molar-refractivity contribution in [3.63, 3.8) is 0 Å². The lowest BCUT2D eigenvalue weighted by molar-refractivity contribution is 0.696. The van der Waals surface area contributed by atoms with Gasteiger partial charge >= 0.3 is 0 Å². The largest absolute Gasteiger partial charge is 0.354 e. The summed E-state index contributed by atoms with van der Waals surface area (Å²) in [6, 6.07) is 6.38. The second-order valence-electron chi connectivity index (χ2n) is 4.00. The Hall–Kier alpha value is -0.850. The van der Waals surface area contributed by atoms with Crippen molar-refractivity contribution >= 4 is 29.9 Å². The molecule has 0 fully saturated rings. The van der Waals surface area contributed by atoms with E-state index in [4.69, 9.17) is 0 Å². The fourth-order valence-electron chi connectivity index (χ4n) is 1.34. The number of aromatic nitrogens is 1. The number of guanidine groups is 1. The molecule has 96 valence electrons. The van der Waals surface area contributed by atoms with E-state index in [0.29, 0.717) is 12.6 Å². The number of hydrogen-bond donors (Lipinski definition) is 2. The molecular weight excluding hydrogens is 327 g/mol. The third-order valence-corrected chi connectivity index (χ3v) is 2.03. The van der Waals surface area contributed by atoms with Gasteiger partial charge in [-0.2, -0.15) is 0 Å². The molecule has 5 heteroatoms. The summed E-state index contributed by atoms with van der Waals surface area (Å²) in [5.41, 5.74) is 2.05. The second-order valence-corrected chi connectivity index (χ2v) is 4.00. The van der Waals surface area contributed by atoms with Gasteiger partial charge in [0.1, 0.15) is 0 Å². The molecule has 4 nitrogen and oxygen atoms in total. The van der Waals surface area contributed by atoms with Crippen LogP contribution < -0.4 is 10.6 Å². The molecule has 0 aliphatic heterocycles. The zero-order valence-corrected chi connectivity index (χ0v) is 13.1. The van der Waals surface area contributed by atoms with E-state index >= 15 is 0 Å². The molecule has 0 bridgehead atoms. The van der Waals surface area contributed by atoms with Crippen LogP contribution in [0.25, 0.3) is 0 Å². The van der Waals surface area contributed by atoms with E-state index in [1.165, 1.54) is 0 Å². The summed E-state index contributed by atoms with van der Waals surface area (Å²) < 4.78 is 0. The fraction of sp³-hybridized carbons (Fsp3) is 0.500. The summed E-state index contributed by atoms with van der Waals surface area (Å²) in [6.07, 6.45) is 0. The van der Waals surface area contributed by atoms with Gasteiger partial charge in [0.05, 0.1) is 12.2 Å². The molecule has 1 heterocycles. The van der Waals surface area contributed by atoms with Crippen molar-refractivity contribution in [3.05, 3.63) is 29.6 Å². The lowest BCUT2D eigenvalue weighted by Crippen LogP contribution is -2.40. The lowest BCUT2D eigenvalue weighted by Gasteiger charge is -2.14. The van der Waals surface area contributed by atoms with Crippen molar-refractivity contribution in [1.82, 2.24) is 15.6 Å². The summed E-state index contributed by atoms with van der Waals surface area (Å²) >= 11 is 0. The lowest BCUT2D eigenvalue weighted by atomic mass is 10.3. The van der Waals surface area contributed by atoms with Crippen molar-refractivity contribution < 1.29 is 0 Å². The number of pyridine rings is 1. The third kappa shape index (κ3) is 6.45. The Morgan fingerprint density at radius 2 is 2.12 bits per heavy atom. The van der Waals surface area contributed by atoms with E-state index in [-0.39, 0.29) is 24.0 Å². The van der Waals surface area contributed by atoms with Gasteiger partial charge in [0.25, 0.3) is 0 Å². The Morgan fingerprint density at radius 1 is 1.41 bits per heavy atom. The van der Waals surface area contributed by atoms with Crippen molar-refractivity contribution in [3.8, 4) is 0 Å². The standard InChI is InChI=1S/C12H20N4.HI/c1-9(2)15-12(13-4)14-8-11-7-5-6-10(3)16-11;/h5-7,9H,8H2,1-4H3,(H2,13,14,15);1H. The normalized spacial score (nSPS) is 11.0.